The van der Waals surface area contributed by atoms with E-state index in [1.54, 1.807) is 6.20 Å². The minimum absolute atomic E-state index is 0.0350. The van der Waals surface area contributed by atoms with Crippen molar-refractivity contribution in [2.45, 2.75) is 63.8 Å². The van der Waals surface area contributed by atoms with Gasteiger partial charge in [0.15, 0.2) is 5.82 Å². The maximum atomic E-state index is 12.7. The van der Waals surface area contributed by atoms with E-state index in [9.17, 15) is 4.79 Å². The number of carbonyl (C=O) groups is 1. The molecule has 2 aromatic heterocycles. The summed E-state index contributed by atoms with van der Waals surface area (Å²) in [7, 11) is 0. The van der Waals surface area contributed by atoms with Crippen LogP contribution in [0.5, 0.6) is 0 Å². The smallest absolute Gasteiger partial charge is 0.322 e. The molecule has 0 atom stereocenters. The zero-order valence-electron chi connectivity index (χ0n) is 15.3. The average molecular weight is 357 g/mol. The van der Waals surface area contributed by atoms with Gasteiger partial charge < -0.3 is 4.90 Å². The zero-order chi connectivity index (χ0) is 17.9. The summed E-state index contributed by atoms with van der Waals surface area (Å²) in [4.78, 5) is 19.0. The maximum Gasteiger partial charge on any atom is 0.322 e. The van der Waals surface area contributed by atoms with Gasteiger partial charge in [-0.25, -0.2) is 14.5 Å². The monoisotopic (exact) mass is 357 g/mol. The Hall–Kier alpha value is -2.38. The lowest BCUT2D eigenvalue weighted by molar-refractivity contribution is 0.193. The van der Waals surface area contributed by atoms with E-state index >= 15 is 0 Å². The number of likely N-dealkylation sites (tertiary alicyclic amines) is 1. The molecule has 3 heterocycles. The summed E-state index contributed by atoms with van der Waals surface area (Å²) in [6.45, 7) is 3.36. The molecule has 4 rings (SSSR count). The summed E-state index contributed by atoms with van der Waals surface area (Å²) in [6.07, 6.45) is 9.65. The summed E-state index contributed by atoms with van der Waals surface area (Å²) >= 11 is 0. The van der Waals surface area contributed by atoms with Crippen LogP contribution in [0, 0.1) is 6.92 Å². The molecule has 2 aliphatic rings. The van der Waals surface area contributed by atoms with Crippen LogP contribution in [0.3, 0.4) is 0 Å². The van der Waals surface area contributed by atoms with Crippen LogP contribution in [-0.2, 0) is 0 Å². The molecule has 1 saturated heterocycles. The number of piperidine rings is 1. The number of rotatable bonds is 3. The van der Waals surface area contributed by atoms with E-state index < -0.39 is 0 Å². The summed E-state index contributed by atoms with van der Waals surface area (Å²) in [6, 6.07) is 2.27. The number of H-pyrrole nitrogens is 1. The SMILES string of the molecule is Cc1nc(C2CCN(C(=O)Nc3ccnn3C3CCCCC3)CC2)n[nH]1. The number of aryl methyl sites for hydroxylation is 1. The van der Waals surface area contributed by atoms with Gasteiger partial charge in [-0.15, -0.1) is 0 Å². The molecule has 2 amide bonds. The minimum atomic E-state index is -0.0350. The lowest BCUT2D eigenvalue weighted by Gasteiger charge is -2.31. The topological polar surface area (TPSA) is 91.7 Å². The molecule has 0 bridgehead atoms. The van der Waals surface area contributed by atoms with Crippen molar-refractivity contribution < 1.29 is 4.79 Å². The molecule has 0 unspecified atom stereocenters. The van der Waals surface area contributed by atoms with Crippen LogP contribution in [0.25, 0.3) is 0 Å². The molecular weight excluding hydrogens is 330 g/mol. The largest absolute Gasteiger partial charge is 0.324 e. The lowest BCUT2D eigenvalue weighted by atomic mass is 9.96. The summed E-state index contributed by atoms with van der Waals surface area (Å²) in [5.41, 5.74) is 0. The number of urea groups is 1. The summed E-state index contributed by atoms with van der Waals surface area (Å²) < 4.78 is 2.00. The second kappa shape index (κ2) is 7.47. The molecule has 2 aromatic rings. The Kier molecular flexibility index (Phi) is 4.90. The highest BCUT2D eigenvalue weighted by Crippen LogP contribution is 2.30. The Morgan fingerprint density at radius 3 is 2.65 bits per heavy atom. The number of anilines is 1. The van der Waals surface area contributed by atoms with Gasteiger partial charge in [0.2, 0.25) is 0 Å². The van der Waals surface area contributed by atoms with Gasteiger partial charge in [0.05, 0.1) is 12.2 Å². The number of nitrogens with one attached hydrogen (secondary N) is 2. The third kappa shape index (κ3) is 3.59. The number of aromatic nitrogens is 5. The van der Waals surface area contributed by atoms with Crippen molar-refractivity contribution in [1.29, 1.82) is 0 Å². The number of carbonyl (C=O) groups excluding carboxylic acids is 1. The van der Waals surface area contributed by atoms with E-state index in [2.05, 4.69) is 25.6 Å². The van der Waals surface area contributed by atoms with Gasteiger partial charge in [0, 0.05) is 25.1 Å². The van der Waals surface area contributed by atoms with Gasteiger partial charge in [-0.05, 0) is 32.6 Å². The lowest BCUT2D eigenvalue weighted by Crippen LogP contribution is -2.41. The zero-order valence-corrected chi connectivity index (χ0v) is 15.3. The molecule has 140 valence electrons. The van der Waals surface area contributed by atoms with Gasteiger partial charge in [0.1, 0.15) is 11.6 Å². The fraction of sp³-hybridized carbons (Fsp3) is 0.667. The number of nitrogens with zero attached hydrogens (tertiary/aromatic N) is 5. The van der Waals surface area contributed by atoms with Crippen molar-refractivity contribution in [3.8, 4) is 0 Å². The highest BCUT2D eigenvalue weighted by atomic mass is 16.2. The standard InChI is InChI=1S/C18H27N7O/c1-13-20-17(23-22-13)14-8-11-24(12-9-14)18(26)21-16-7-10-19-25(16)15-5-3-2-4-6-15/h7,10,14-15H,2-6,8-9,11-12H2,1H3,(H,21,26)(H,20,22,23). The van der Waals surface area contributed by atoms with Gasteiger partial charge in [0.25, 0.3) is 0 Å². The molecule has 1 aliphatic carbocycles. The first-order valence-electron chi connectivity index (χ1n) is 9.69. The molecule has 8 nitrogen and oxygen atoms in total. The quantitative estimate of drug-likeness (QED) is 0.882. The van der Waals surface area contributed by atoms with E-state index in [-0.39, 0.29) is 6.03 Å². The molecule has 0 aromatic carbocycles. The Morgan fingerprint density at radius 1 is 1.19 bits per heavy atom. The summed E-state index contributed by atoms with van der Waals surface area (Å²) in [5, 5.41) is 14.7. The first-order valence-corrected chi connectivity index (χ1v) is 9.69. The normalized spacial score (nSPS) is 19.7. The minimum Gasteiger partial charge on any atom is -0.324 e. The van der Waals surface area contributed by atoms with Crippen molar-refractivity contribution in [3.63, 3.8) is 0 Å². The highest BCUT2D eigenvalue weighted by Gasteiger charge is 2.27. The molecule has 1 aliphatic heterocycles. The van der Waals surface area contributed by atoms with Gasteiger partial charge in [-0.2, -0.15) is 10.2 Å². The van der Waals surface area contributed by atoms with Crippen LogP contribution < -0.4 is 5.32 Å². The van der Waals surface area contributed by atoms with Crippen LogP contribution in [-0.4, -0.2) is 49.0 Å². The fourth-order valence-corrected chi connectivity index (χ4v) is 4.10. The van der Waals surface area contributed by atoms with E-state index in [0.29, 0.717) is 12.0 Å². The molecule has 26 heavy (non-hydrogen) atoms. The Morgan fingerprint density at radius 2 is 1.96 bits per heavy atom. The van der Waals surface area contributed by atoms with Gasteiger partial charge in [-0.1, -0.05) is 19.3 Å². The van der Waals surface area contributed by atoms with Crippen LogP contribution >= 0.6 is 0 Å². The number of aromatic amines is 1. The molecule has 0 radical (unpaired) electrons. The van der Waals surface area contributed by atoms with Crippen LogP contribution in [0.2, 0.25) is 0 Å². The van der Waals surface area contributed by atoms with Crippen molar-refractivity contribution in [2.75, 3.05) is 18.4 Å². The second-order valence-corrected chi connectivity index (χ2v) is 7.42. The van der Waals surface area contributed by atoms with Crippen LogP contribution in [0.15, 0.2) is 12.3 Å². The van der Waals surface area contributed by atoms with Crippen LogP contribution in [0.1, 0.15) is 68.6 Å². The van der Waals surface area contributed by atoms with Gasteiger partial charge >= 0.3 is 6.03 Å². The first-order chi connectivity index (χ1) is 12.7. The highest BCUT2D eigenvalue weighted by molar-refractivity contribution is 5.88. The van der Waals surface area contributed by atoms with Crippen molar-refractivity contribution in [2.24, 2.45) is 0 Å². The second-order valence-electron chi connectivity index (χ2n) is 7.42. The predicted octanol–water partition coefficient (Wildman–Crippen LogP) is 3.23. The predicted molar refractivity (Wildman–Crippen MR) is 98.0 cm³/mol. The maximum absolute atomic E-state index is 12.7. The van der Waals surface area contributed by atoms with Crippen molar-refractivity contribution in [1.82, 2.24) is 29.9 Å². The Balaban J connectivity index is 1.34. The van der Waals surface area contributed by atoms with Crippen molar-refractivity contribution in [3.05, 3.63) is 23.9 Å². The third-order valence-electron chi connectivity index (χ3n) is 5.59. The van der Waals surface area contributed by atoms with Crippen LogP contribution in [0.4, 0.5) is 10.6 Å². The molecule has 2 fully saturated rings. The van der Waals surface area contributed by atoms with Crippen molar-refractivity contribution >= 4 is 11.8 Å². The van der Waals surface area contributed by atoms with E-state index in [1.807, 2.05) is 22.6 Å². The van der Waals surface area contributed by atoms with E-state index in [1.165, 1.54) is 19.3 Å². The number of hydrogen-bond donors (Lipinski definition) is 2. The van der Waals surface area contributed by atoms with Gasteiger partial charge in [-0.3, -0.25) is 10.4 Å². The van der Waals surface area contributed by atoms with E-state index in [4.69, 9.17) is 0 Å². The first kappa shape index (κ1) is 17.1. The third-order valence-corrected chi connectivity index (χ3v) is 5.59. The number of hydrogen-bond acceptors (Lipinski definition) is 4. The molecule has 2 N–H and O–H groups in total. The Bertz CT molecular complexity index is 738. The fourth-order valence-electron chi connectivity index (χ4n) is 4.10. The molecule has 8 heteroatoms. The summed E-state index contributed by atoms with van der Waals surface area (Å²) in [5.74, 6) is 2.86. The number of amides is 2. The molecular formula is C18H27N7O. The van der Waals surface area contributed by atoms with E-state index in [0.717, 1.165) is 56.2 Å². The Labute approximate surface area is 153 Å². The average Bonchev–Trinajstić information content (AvgIpc) is 3.31. The molecule has 1 saturated carbocycles. The molecule has 0 spiro atoms.